The highest BCUT2D eigenvalue weighted by molar-refractivity contribution is 6.31. The molecule has 24 heavy (non-hydrogen) atoms. The third-order valence-corrected chi connectivity index (χ3v) is 4.13. The number of rotatable bonds is 6. The highest BCUT2D eigenvalue weighted by Crippen LogP contribution is 2.21. The monoisotopic (exact) mass is 344 g/mol. The molecule has 0 fully saturated rings. The Labute approximate surface area is 147 Å². The van der Waals surface area contributed by atoms with Crippen LogP contribution in [0.25, 0.3) is 0 Å². The molecule has 0 aliphatic rings. The van der Waals surface area contributed by atoms with E-state index in [-0.39, 0.29) is 18.2 Å². The molecule has 0 radical (unpaired) electrons. The van der Waals surface area contributed by atoms with Crippen molar-refractivity contribution in [2.24, 2.45) is 0 Å². The van der Waals surface area contributed by atoms with E-state index in [4.69, 9.17) is 11.6 Å². The molecule has 0 bridgehead atoms. The van der Waals surface area contributed by atoms with Gasteiger partial charge in [-0.1, -0.05) is 54.9 Å². The van der Waals surface area contributed by atoms with E-state index in [0.717, 1.165) is 28.8 Å². The van der Waals surface area contributed by atoms with Crippen LogP contribution in [0.5, 0.6) is 0 Å². The summed E-state index contributed by atoms with van der Waals surface area (Å²) >= 11 is 6.04. The van der Waals surface area contributed by atoms with Crippen LogP contribution in [0.1, 0.15) is 30.0 Å². The van der Waals surface area contributed by atoms with E-state index in [1.54, 1.807) is 6.07 Å². The molecule has 2 N–H and O–H groups in total. The minimum Gasteiger partial charge on any atom is -0.352 e. The van der Waals surface area contributed by atoms with Crippen LogP contribution in [0.4, 0.5) is 5.69 Å². The minimum atomic E-state index is -0.334. The average Bonchev–Trinajstić information content (AvgIpc) is 2.56. The van der Waals surface area contributed by atoms with Gasteiger partial charge in [-0.25, -0.2) is 0 Å². The summed E-state index contributed by atoms with van der Waals surface area (Å²) in [5.41, 5.74) is 3.66. The molecule has 0 unspecified atom stereocenters. The first-order valence-electron chi connectivity index (χ1n) is 7.89. The maximum atomic E-state index is 12.1. The highest BCUT2D eigenvalue weighted by Gasteiger charge is 2.13. The second-order valence-electron chi connectivity index (χ2n) is 5.56. The molecule has 0 aliphatic heterocycles. The fourth-order valence-corrected chi connectivity index (χ4v) is 2.63. The smallest absolute Gasteiger partial charge is 0.233 e. The predicted molar refractivity (Wildman–Crippen MR) is 97.1 cm³/mol. The second-order valence-corrected chi connectivity index (χ2v) is 5.96. The summed E-state index contributed by atoms with van der Waals surface area (Å²) in [6.45, 7) is 4.27. The van der Waals surface area contributed by atoms with Gasteiger partial charge in [-0.05, 0) is 36.1 Å². The number of anilines is 1. The van der Waals surface area contributed by atoms with Crippen LogP contribution in [0.2, 0.25) is 5.02 Å². The van der Waals surface area contributed by atoms with E-state index in [0.29, 0.717) is 11.6 Å². The van der Waals surface area contributed by atoms with Gasteiger partial charge in [0.1, 0.15) is 6.42 Å². The number of para-hydroxylation sites is 1. The molecule has 0 aliphatic carbocycles. The van der Waals surface area contributed by atoms with Crippen LogP contribution in [0.15, 0.2) is 42.5 Å². The molecular formula is C19H21ClN2O2. The lowest BCUT2D eigenvalue weighted by atomic mass is 10.1. The van der Waals surface area contributed by atoms with Crippen molar-refractivity contribution >= 4 is 29.1 Å². The van der Waals surface area contributed by atoms with Crippen LogP contribution < -0.4 is 10.6 Å². The Hall–Kier alpha value is -2.33. The minimum absolute atomic E-state index is 0.220. The van der Waals surface area contributed by atoms with Gasteiger partial charge in [-0.2, -0.15) is 0 Å². The lowest BCUT2D eigenvalue weighted by Crippen LogP contribution is -2.28. The van der Waals surface area contributed by atoms with Gasteiger partial charge in [0.2, 0.25) is 11.8 Å². The van der Waals surface area contributed by atoms with E-state index in [2.05, 4.69) is 10.6 Å². The van der Waals surface area contributed by atoms with Crippen LogP contribution in [0, 0.1) is 6.92 Å². The predicted octanol–water partition coefficient (Wildman–Crippen LogP) is 3.86. The summed E-state index contributed by atoms with van der Waals surface area (Å²) in [6.07, 6.45) is 0.595. The van der Waals surface area contributed by atoms with Crippen molar-refractivity contribution in [3.63, 3.8) is 0 Å². The molecule has 0 saturated carbocycles. The lowest BCUT2D eigenvalue weighted by molar-refractivity contribution is -0.126. The summed E-state index contributed by atoms with van der Waals surface area (Å²) in [5.74, 6) is -0.658. The first kappa shape index (κ1) is 18.0. The Morgan fingerprint density at radius 3 is 2.42 bits per heavy atom. The largest absolute Gasteiger partial charge is 0.352 e. The van der Waals surface area contributed by atoms with Crippen LogP contribution in [-0.4, -0.2) is 11.8 Å². The van der Waals surface area contributed by atoms with Crippen molar-refractivity contribution in [3.8, 4) is 0 Å². The van der Waals surface area contributed by atoms with Gasteiger partial charge < -0.3 is 10.6 Å². The number of hydrogen-bond acceptors (Lipinski definition) is 2. The third kappa shape index (κ3) is 4.83. The lowest BCUT2D eigenvalue weighted by Gasteiger charge is -2.13. The number of carbonyl (C=O) groups excluding carboxylic acids is 2. The molecule has 0 heterocycles. The molecule has 2 aromatic rings. The zero-order valence-electron chi connectivity index (χ0n) is 13.9. The number of hydrogen-bond donors (Lipinski definition) is 2. The first-order chi connectivity index (χ1) is 11.5. The van der Waals surface area contributed by atoms with Crippen molar-refractivity contribution in [1.29, 1.82) is 0 Å². The molecule has 126 valence electrons. The fourth-order valence-electron chi connectivity index (χ4n) is 2.43. The van der Waals surface area contributed by atoms with Crippen molar-refractivity contribution in [1.82, 2.24) is 5.32 Å². The van der Waals surface area contributed by atoms with Gasteiger partial charge in [-0.15, -0.1) is 0 Å². The summed E-state index contributed by atoms with van der Waals surface area (Å²) in [7, 11) is 0. The summed E-state index contributed by atoms with van der Waals surface area (Å²) in [6, 6.07) is 13.1. The van der Waals surface area contributed by atoms with E-state index in [9.17, 15) is 9.59 Å². The van der Waals surface area contributed by atoms with Crippen molar-refractivity contribution in [2.45, 2.75) is 33.2 Å². The molecule has 0 spiro atoms. The van der Waals surface area contributed by atoms with Gasteiger partial charge in [0.15, 0.2) is 0 Å². The van der Waals surface area contributed by atoms with Gasteiger partial charge in [0, 0.05) is 17.3 Å². The van der Waals surface area contributed by atoms with Crippen LogP contribution >= 0.6 is 11.6 Å². The van der Waals surface area contributed by atoms with Crippen molar-refractivity contribution in [2.75, 3.05) is 5.32 Å². The maximum Gasteiger partial charge on any atom is 0.233 e. The molecule has 2 aromatic carbocycles. The molecule has 0 aromatic heterocycles. The van der Waals surface area contributed by atoms with Crippen molar-refractivity contribution < 1.29 is 9.59 Å². The quantitative estimate of drug-likeness (QED) is 0.782. The topological polar surface area (TPSA) is 58.2 Å². The molecule has 0 saturated heterocycles. The SMILES string of the molecule is CCc1cccc(C)c1NC(=O)CC(=O)NCc1ccccc1Cl. The number of halogens is 1. The number of nitrogens with one attached hydrogen (secondary N) is 2. The number of amides is 2. The van der Waals surface area contributed by atoms with E-state index < -0.39 is 0 Å². The second kappa shape index (κ2) is 8.50. The number of aryl methyl sites for hydroxylation is 2. The van der Waals surface area contributed by atoms with Crippen LogP contribution in [0.3, 0.4) is 0 Å². The van der Waals surface area contributed by atoms with Gasteiger partial charge in [-0.3, -0.25) is 9.59 Å². The summed E-state index contributed by atoms with van der Waals surface area (Å²) in [4.78, 5) is 24.1. The third-order valence-electron chi connectivity index (χ3n) is 3.76. The van der Waals surface area contributed by atoms with E-state index >= 15 is 0 Å². The molecule has 5 heteroatoms. The number of benzene rings is 2. The Morgan fingerprint density at radius 1 is 1.00 bits per heavy atom. The summed E-state index contributed by atoms with van der Waals surface area (Å²) < 4.78 is 0. The van der Waals surface area contributed by atoms with E-state index in [1.807, 2.05) is 50.2 Å². The molecule has 2 amide bonds. The summed E-state index contributed by atoms with van der Waals surface area (Å²) in [5, 5.41) is 6.15. The number of carbonyl (C=O) groups is 2. The molecule has 0 atom stereocenters. The van der Waals surface area contributed by atoms with Crippen LogP contribution in [-0.2, 0) is 22.6 Å². The van der Waals surface area contributed by atoms with Crippen molar-refractivity contribution in [3.05, 3.63) is 64.2 Å². The Bertz CT molecular complexity index is 744. The molecule has 4 nitrogen and oxygen atoms in total. The standard InChI is InChI=1S/C19H21ClN2O2/c1-3-14-9-6-7-13(2)19(14)22-18(24)11-17(23)21-12-15-8-4-5-10-16(15)20/h4-10H,3,11-12H2,1-2H3,(H,21,23)(H,22,24). The fraction of sp³-hybridized carbons (Fsp3) is 0.263. The zero-order chi connectivity index (χ0) is 17.5. The highest BCUT2D eigenvalue weighted by atomic mass is 35.5. The molecule has 2 rings (SSSR count). The normalized spacial score (nSPS) is 10.3. The Morgan fingerprint density at radius 2 is 1.71 bits per heavy atom. The van der Waals surface area contributed by atoms with Gasteiger partial charge in [0.25, 0.3) is 0 Å². The van der Waals surface area contributed by atoms with E-state index in [1.165, 1.54) is 0 Å². The Kier molecular flexibility index (Phi) is 6.38. The Balaban J connectivity index is 1.91. The zero-order valence-corrected chi connectivity index (χ0v) is 14.6. The van der Waals surface area contributed by atoms with Gasteiger partial charge in [0.05, 0.1) is 0 Å². The molecular weight excluding hydrogens is 324 g/mol. The maximum absolute atomic E-state index is 12.1. The first-order valence-corrected chi connectivity index (χ1v) is 8.27. The average molecular weight is 345 g/mol. The van der Waals surface area contributed by atoms with Gasteiger partial charge >= 0.3 is 0 Å².